The predicted octanol–water partition coefficient (Wildman–Crippen LogP) is 0.500. The minimum absolute atomic E-state index is 0.0405. The number of fused-ring (bicyclic) bond motifs is 3. The van der Waals surface area contributed by atoms with Crippen LogP contribution in [-0.2, 0) is 14.3 Å². The molecule has 1 saturated heterocycles. The molecule has 2 bridgehead atoms. The molecule has 6 atom stereocenters. The predicted molar refractivity (Wildman–Crippen MR) is 118 cm³/mol. The third-order valence-corrected chi connectivity index (χ3v) is 8.34. The summed E-state index contributed by atoms with van der Waals surface area (Å²) in [6, 6.07) is 0.0614. The van der Waals surface area contributed by atoms with Crippen LogP contribution in [0.25, 0.3) is 0 Å². The third-order valence-electron chi connectivity index (χ3n) is 7.85. The van der Waals surface area contributed by atoms with E-state index in [1.165, 1.54) is 0 Å². The fraction of sp³-hybridized carbons (Fsp3) is 0.909. The summed E-state index contributed by atoms with van der Waals surface area (Å²) in [5, 5.41) is 23.2. The van der Waals surface area contributed by atoms with E-state index in [0.29, 0.717) is 57.5 Å². The molecule has 0 radical (unpaired) electrons. The fourth-order valence-electron chi connectivity index (χ4n) is 5.68. The lowest BCUT2D eigenvalue weighted by Gasteiger charge is -2.56. The maximum absolute atomic E-state index is 13.8. The van der Waals surface area contributed by atoms with Crippen molar-refractivity contribution in [1.82, 2.24) is 21.3 Å². The summed E-state index contributed by atoms with van der Waals surface area (Å²) in [5.74, 6) is -0.334. The van der Waals surface area contributed by atoms with Crippen LogP contribution in [0.2, 0.25) is 0 Å². The van der Waals surface area contributed by atoms with Crippen molar-refractivity contribution < 1.29 is 23.8 Å². The number of rotatable bonds is 6. The van der Waals surface area contributed by atoms with Crippen LogP contribution in [0.1, 0.15) is 58.3 Å². The van der Waals surface area contributed by atoms with Crippen LogP contribution in [-0.4, -0.2) is 83.5 Å². The van der Waals surface area contributed by atoms with Crippen LogP contribution in [0.3, 0.4) is 0 Å². The monoisotopic (exact) mass is 474 g/mol. The van der Waals surface area contributed by atoms with Gasteiger partial charge in [0.15, 0.2) is 0 Å². The molecule has 5 aliphatic rings. The summed E-state index contributed by atoms with van der Waals surface area (Å²) in [7, 11) is 0. The van der Waals surface area contributed by atoms with Gasteiger partial charge in [-0.25, -0.2) is 4.39 Å². The lowest BCUT2D eigenvalue weighted by molar-refractivity contribution is -0.140. The Hall–Kier alpha value is -1.00. The van der Waals surface area contributed by atoms with Crippen molar-refractivity contribution in [3.8, 4) is 0 Å². The number of aliphatic hydroxyl groups excluding tert-OH is 1. The van der Waals surface area contributed by atoms with Crippen LogP contribution >= 0.6 is 11.6 Å². The third kappa shape index (κ3) is 5.22. The maximum atomic E-state index is 13.8. The van der Waals surface area contributed by atoms with E-state index in [4.69, 9.17) is 16.3 Å². The molecular formula is C22H36ClFN4O4. The molecule has 0 aromatic rings. The SMILES string of the molecule is CC1CNC(C(=O)NC23CCC(NC(=O)COC4CCC(Cl)C(F)C4)(CC2)[C@@H](O)C3)CN1. The Morgan fingerprint density at radius 3 is 2.53 bits per heavy atom. The van der Waals surface area contributed by atoms with Gasteiger partial charge in [0.05, 0.1) is 29.2 Å². The smallest absolute Gasteiger partial charge is 0.246 e. The highest BCUT2D eigenvalue weighted by Crippen LogP contribution is 2.47. The molecule has 0 spiro atoms. The van der Waals surface area contributed by atoms with Crippen LogP contribution in [0, 0.1) is 0 Å². The summed E-state index contributed by atoms with van der Waals surface area (Å²) < 4.78 is 19.4. The lowest BCUT2D eigenvalue weighted by Crippen LogP contribution is -2.71. The second kappa shape index (κ2) is 9.70. The summed E-state index contributed by atoms with van der Waals surface area (Å²) in [5.41, 5.74) is -1.12. The van der Waals surface area contributed by atoms with E-state index in [9.17, 15) is 19.1 Å². The number of piperazine rings is 1. The van der Waals surface area contributed by atoms with Crippen molar-refractivity contribution in [2.24, 2.45) is 0 Å². The Bertz CT molecular complexity index is 697. The molecule has 5 N–H and O–H groups in total. The Balaban J connectivity index is 1.26. The van der Waals surface area contributed by atoms with E-state index in [-0.39, 0.29) is 37.0 Å². The number of hydrogen-bond acceptors (Lipinski definition) is 6. The molecule has 0 aromatic heterocycles. The van der Waals surface area contributed by atoms with Gasteiger partial charge in [-0.2, -0.15) is 0 Å². The van der Waals surface area contributed by atoms with E-state index in [1.54, 1.807) is 0 Å². The van der Waals surface area contributed by atoms with Gasteiger partial charge < -0.3 is 31.1 Å². The minimum Gasteiger partial charge on any atom is -0.391 e. The first-order chi connectivity index (χ1) is 15.2. The van der Waals surface area contributed by atoms with Gasteiger partial charge in [-0.1, -0.05) is 0 Å². The summed E-state index contributed by atoms with van der Waals surface area (Å²) in [6.45, 7) is 3.24. The molecule has 10 heteroatoms. The number of alkyl halides is 2. The van der Waals surface area contributed by atoms with Gasteiger partial charge in [-0.15, -0.1) is 11.6 Å². The number of ether oxygens (including phenoxy) is 1. The van der Waals surface area contributed by atoms with Crippen LogP contribution in [0.5, 0.6) is 0 Å². The Labute approximate surface area is 193 Å². The molecule has 182 valence electrons. The van der Waals surface area contributed by atoms with Crippen LogP contribution < -0.4 is 21.3 Å². The van der Waals surface area contributed by atoms with Crippen molar-refractivity contribution in [1.29, 1.82) is 0 Å². The number of nitrogens with one attached hydrogen (secondary N) is 4. The standard InChI is InChI=1S/C22H36ClFN4O4/c1-13-10-26-17(11-25-13)20(31)28-21-4-6-22(7-5-21,18(29)9-21)27-19(30)12-32-14-2-3-15(23)16(24)8-14/h13-18,25-26,29H,2-12H2,1H3,(H,27,30)(H,28,31)/t13?,14?,15?,16?,17?,18-,21?,22?/m0/s1. The van der Waals surface area contributed by atoms with E-state index >= 15 is 0 Å². The number of halogens is 2. The first kappa shape index (κ1) is 24.1. The molecule has 5 unspecified atom stereocenters. The van der Waals surface area contributed by atoms with Gasteiger partial charge in [0.2, 0.25) is 11.8 Å². The maximum Gasteiger partial charge on any atom is 0.246 e. The molecule has 5 fully saturated rings. The summed E-state index contributed by atoms with van der Waals surface area (Å²) >= 11 is 5.90. The van der Waals surface area contributed by atoms with Crippen LogP contribution in [0.4, 0.5) is 4.39 Å². The van der Waals surface area contributed by atoms with E-state index in [1.807, 2.05) is 0 Å². The van der Waals surface area contributed by atoms with E-state index in [2.05, 4.69) is 28.2 Å². The van der Waals surface area contributed by atoms with Gasteiger partial charge >= 0.3 is 0 Å². The molecule has 1 heterocycles. The number of carbonyl (C=O) groups excluding carboxylic acids is 2. The second-order valence-corrected chi connectivity index (χ2v) is 10.8. The molecule has 1 aliphatic heterocycles. The Morgan fingerprint density at radius 2 is 1.91 bits per heavy atom. The van der Waals surface area contributed by atoms with Gasteiger partial charge in [0.1, 0.15) is 12.8 Å². The largest absolute Gasteiger partial charge is 0.391 e. The fourth-order valence-corrected chi connectivity index (χ4v) is 5.91. The van der Waals surface area contributed by atoms with E-state index < -0.39 is 28.7 Å². The highest BCUT2D eigenvalue weighted by Gasteiger charge is 2.55. The van der Waals surface area contributed by atoms with Gasteiger partial charge in [-0.05, 0) is 51.9 Å². The van der Waals surface area contributed by atoms with Crippen LogP contribution in [0.15, 0.2) is 0 Å². The zero-order chi connectivity index (χ0) is 22.9. The van der Waals surface area contributed by atoms with Gasteiger partial charge in [0, 0.05) is 31.1 Å². The van der Waals surface area contributed by atoms with Crippen molar-refractivity contribution in [3.63, 3.8) is 0 Å². The lowest BCUT2D eigenvalue weighted by atomic mass is 9.59. The van der Waals surface area contributed by atoms with Gasteiger partial charge in [0.25, 0.3) is 0 Å². The highest BCUT2D eigenvalue weighted by atomic mass is 35.5. The average molecular weight is 475 g/mol. The molecular weight excluding hydrogens is 439 g/mol. The molecule has 4 saturated carbocycles. The zero-order valence-corrected chi connectivity index (χ0v) is 19.4. The first-order valence-electron chi connectivity index (χ1n) is 11.9. The zero-order valence-electron chi connectivity index (χ0n) is 18.7. The normalized spacial score (nSPS) is 44.1. The first-order valence-corrected chi connectivity index (χ1v) is 12.3. The molecule has 8 nitrogen and oxygen atoms in total. The van der Waals surface area contributed by atoms with E-state index in [0.717, 1.165) is 6.54 Å². The molecule has 0 aromatic carbocycles. The second-order valence-electron chi connectivity index (χ2n) is 10.2. The van der Waals surface area contributed by atoms with Crippen molar-refractivity contribution in [2.75, 3.05) is 19.7 Å². The van der Waals surface area contributed by atoms with Crippen molar-refractivity contribution in [2.45, 2.75) is 105 Å². The number of hydrogen-bond donors (Lipinski definition) is 5. The summed E-state index contributed by atoms with van der Waals surface area (Å²) in [6.07, 6.45) is 2.25. The van der Waals surface area contributed by atoms with Gasteiger partial charge in [-0.3, -0.25) is 9.59 Å². The minimum atomic E-state index is -1.11. The molecule has 32 heavy (non-hydrogen) atoms. The molecule has 4 aliphatic carbocycles. The number of amides is 2. The number of carbonyl (C=O) groups is 2. The quantitative estimate of drug-likeness (QED) is 0.358. The summed E-state index contributed by atoms with van der Waals surface area (Å²) in [4.78, 5) is 25.3. The number of aliphatic hydroxyl groups is 1. The average Bonchev–Trinajstić information content (AvgIpc) is 2.76. The van der Waals surface area contributed by atoms with Crippen molar-refractivity contribution in [3.05, 3.63) is 0 Å². The molecule has 2 amide bonds. The Morgan fingerprint density at radius 1 is 1.16 bits per heavy atom. The highest BCUT2D eigenvalue weighted by molar-refractivity contribution is 6.21. The Kier molecular flexibility index (Phi) is 7.32. The topological polar surface area (TPSA) is 112 Å². The van der Waals surface area contributed by atoms with Crippen molar-refractivity contribution >= 4 is 23.4 Å². The molecule has 5 rings (SSSR count).